The summed E-state index contributed by atoms with van der Waals surface area (Å²) in [5.74, 6) is 0.959. The molecule has 14 heavy (non-hydrogen) atoms. The average Bonchev–Trinajstić information content (AvgIpc) is 2.13. The van der Waals surface area contributed by atoms with Crippen molar-refractivity contribution < 1.29 is 4.74 Å². The highest BCUT2D eigenvalue weighted by Gasteiger charge is 2.06. The van der Waals surface area contributed by atoms with E-state index in [1.165, 1.54) is 16.7 Å². The van der Waals surface area contributed by atoms with E-state index in [9.17, 15) is 0 Å². The molecule has 1 atom stereocenters. The molecule has 0 amide bonds. The van der Waals surface area contributed by atoms with Gasteiger partial charge >= 0.3 is 0 Å². The lowest BCUT2D eigenvalue weighted by Crippen LogP contribution is -2.23. The maximum absolute atomic E-state index is 5.73. The van der Waals surface area contributed by atoms with Gasteiger partial charge < -0.3 is 10.5 Å². The molecule has 0 saturated heterocycles. The SMILES string of the molecule is Cc1cc(C)c(C)c(OC(C)CN)c1. The van der Waals surface area contributed by atoms with E-state index in [1.807, 2.05) is 6.92 Å². The number of hydrogen-bond donors (Lipinski definition) is 1. The lowest BCUT2D eigenvalue weighted by atomic mass is 10.1. The number of ether oxygens (including phenoxy) is 1. The summed E-state index contributed by atoms with van der Waals surface area (Å²) in [6, 6.07) is 4.23. The molecular formula is C12H19NO. The van der Waals surface area contributed by atoms with Crippen LogP contribution in [0.4, 0.5) is 0 Å². The van der Waals surface area contributed by atoms with Crippen LogP contribution in [0, 0.1) is 20.8 Å². The Hall–Kier alpha value is -1.02. The summed E-state index contributed by atoms with van der Waals surface area (Å²) in [5, 5.41) is 0. The fourth-order valence-electron chi connectivity index (χ4n) is 1.39. The summed E-state index contributed by atoms with van der Waals surface area (Å²) in [4.78, 5) is 0. The first-order valence-corrected chi connectivity index (χ1v) is 4.99. The highest BCUT2D eigenvalue weighted by Crippen LogP contribution is 2.23. The second-order valence-corrected chi connectivity index (χ2v) is 3.87. The zero-order chi connectivity index (χ0) is 10.7. The smallest absolute Gasteiger partial charge is 0.123 e. The molecule has 0 aromatic heterocycles. The third-order valence-electron chi connectivity index (χ3n) is 2.42. The molecule has 78 valence electrons. The summed E-state index contributed by atoms with van der Waals surface area (Å²) in [6.45, 7) is 8.78. The third kappa shape index (κ3) is 2.48. The van der Waals surface area contributed by atoms with Crippen LogP contribution in [0.25, 0.3) is 0 Å². The molecule has 1 unspecified atom stereocenters. The minimum Gasteiger partial charge on any atom is -0.489 e. The predicted molar refractivity (Wildman–Crippen MR) is 59.8 cm³/mol. The van der Waals surface area contributed by atoms with Gasteiger partial charge in [-0.15, -0.1) is 0 Å². The molecule has 0 radical (unpaired) electrons. The van der Waals surface area contributed by atoms with E-state index in [2.05, 4.69) is 32.9 Å². The Bertz CT molecular complexity index is 320. The molecule has 2 nitrogen and oxygen atoms in total. The van der Waals surface area contributed by atoms with Gasteiger partial charge in [-0.3, -0.25) is 0 Å². The Morgan fingerprint density at radius 1 is 1.29 bits per heavy atom. The molecule has 2 N–H and O–H groups in total. The number of benzene rings is 1. The van der Waals surface area contributed by atoms with Gasteiger partial charge in [0, 0.05) is 6.54 Å². The van der Waals surface area contributed by atoms with E-state index in [-0.39, 0.29) is 6.10 Å². The van der Waals surface area contributed by atoms with Gasteiger partial charge in [-0.25, -0.2) is 0 Å². The largest absolute Gasteiger partial charge is 0.489 e. The number of aryl methyl sites for hydroxylation is 2. The van der Waals surface area contributed by atoms with Crippen LogP contribution in [0.3, 0.4) is 0 Å². The number of nitrogens with two attached hydrogens (primary N) is 1. The van der Waals surface area contributed by atoms with Gasteiger partial charge in [0.25, 0.3) is 0 Å². The summed E-state index contributed by atoms with van der Waals surface area (Å²) in [7, 11) is 0. The average molecular weight is 193 g/mol. The maximum atomic E-state index is 5.73. The van der Waals surface area contributed by atoms with Crippen molar-refractivity contribution in [1.82, 2.24) is 0 Å². The molecule has 0 aliphatic heterocycles. The Kier molecular flexibility index (Phi) is 3.53. The van der Waals surface area contributed by atoms with E-state index >= 15 is 0 Å². The molecule has 0 aliphatic rings. The lowest BCUT2D eigenvalue weighted by Gasteiger charge is -2.16. The highest BCUT2D eigenvalue weighted by atomic mass is 16.5. The molecule has 0 bridgehead atoms. The second-order valence-electron chi connectivity index (χ2n) is 3.87. The van der Waals surface area contributed by atoms with Crippen molar-refractivity contribution in [3.05, 3.63) is 28.8 Å². The van der Waals surface area contributed by atoms with Gasteiger partial charge in [0.2, 0.25) is 0 Å². The zero-order valence-corrected chi connectivity index (χ0v) is 9.42. The Labute approximate surface area is 86.1 Å². The van der Waals surface area contributed by atoms with Crippen molar-refractivity contribution in [1.29, 1.82) is 0 Å². The summed E-state index contributed by atoms with van der Waals surface area (Å²) < 4.78 is 5.73. The first-order valence-electron chi connectivity index (χ1n) is 4.99. The van der Waals surface area contributed by atoms with Gasteiger partial charge in [-0.2, -0.15) is 0 Å². The van der Waals surface area contributed by atoms with Crippen molar-refractivity contribution in [3.8, 4) is 5.75 Å². The molecule has 0 aliphatic carbocycles. The van der Waals surface area contributed by atoms with Crippen LogP contribution in [0.2, 0.25) is 0 Å². The Morgan fingerprint density at radius 2 is 1.93 bits per heavy atom. The predicted octanol–water partition coefficient (Wildman–Crippen LogP) is 2.34. The van der Waals surface area contributed by atoms with Crippen LogP contribution in [0.1, 0.15) is 23.6 Å². The minimum atomic E-state index is 0.0786. The normalized spacial score (nSPS) is 12.6. The summed E-state index contributed by atoms with van der Waals surface area (Å²) in [6.07, 6.45) is 0.0786. The van der Waals surface area contributed by atoms with E-state index in [4.69, 9.17) is 10.5 Å². The second kappa shape index (κ2) is 4.47. The number of rotatable bonds is 3. The molecule has 0 fully saturated rings. The van der Waals surface area contributed by atoms with Crippen molar-refractivity contribution in [2.75, 3.05) is 6.54 Å². The number of hydrogen-bond acceptors (Lipinski definition) is 2. The first kappa shape index (κ1) is 11.1. The molecular weight excluding hydrogens is 174 g/mol. The molecule has 2 heteroatoms. The molecule has 1 aromatic carbocycles. The first-order chi connectivity index (χ1) is 6.54. The lowest BCUT2D eigenvalue weighted by molar-refractivity contribution is 0.228. The van der Waals surface area contributed by atoms with Crippen molar-refractivity contribution in [2.24, 2.45) is 5.73 Å². The van der Waals surface area contributed by atoms with E-state index in [1.54, 1.807) is 0 Å². The van der Waals surface area contributed by atoms with Gasteiger partial charge in [-0.1, -0.05) is 6.07 Å². The third-order valence-corrected chi connectivity index (χ3v) is 2.42. The molecule has 0 saturated carbocycles. The highest BCUT2D eigenvalue weighted by molar-refractivity contribution is 5.42. The van der Waals surface area contributed by atoms with Crippen LogP contribution in [-0.4, -0.2) is 12.6 Å². The minimum absolute atomic E-state index is 0.0786. The standard InChI is InChI=1S/C12H19NO/c1-8-5-9(2)11(4)12(6-8)14-10(3)7-13/h5-6,10H,7,13H2,1-4H3. The van der Waals surface area contributed by atoms with E-state index in [0.717, 1.165) is 5.75 Å². The molecule has 0 spiro atoms. The topological polar surface area (TPSA) is 35.2 Å². The quantitative estimate of drug-likeness (QED) is 0.799. The van der Waals surface area contributed by atoms with Crippen LogP contribution >= 0.6 is 0 Å². The maximum Gasteiger partial charge on any atom is 0.123 e. The van der Waals surface area contributed by atoms with E-state index < -0.39 is 0 Å². The van der Waals surface area contributed by atoms with Gasteiger partial charge in [0.1, 0.15) is 11.9 Å². The van der Waals surface area contributed by atoms with Crippen LogP contribution < -0.4 is 10.5 Å². The molecule has 1 aromatic rings. The fraction of sp³-hybridized carbons (Fsp3) is 0.500. The van der Waals surface area contributed by atoms with Crippen molar-refractivity contribution in [3.63, 3.8) is 0 Å². The monoisotopic (exact) mass is 193 g/mol. The fourth-order valence-corrected chi connectivity index (χ4v) is 1.39. The Morgan fingerprint density at radius 3 is 2.50 bits per heavy atom. The van der Waals surface area contributed by atoms with Gasteiger partial charge in [0.15, 0.2) is 0 Å². The van der Waals surface area contributed by atoms with Crippen molar-refractivity contribution >= 4 is 0 Å². The van der Waals surface area contributed by atoms with Gasteiger partial charge in [-0.05, 0) is 50.5 Å². The Balaban J connectivity index is 2.96. The molecule has 0 heterocycles. The van der Waals surface area contributed by atoms with Crippen LogP contribution in [-0.2, 0) is 0 Å². The van der Waals surface area contributed by atoms with Gasteiger partial charge in [0.05, 0.1) is 0 Å². The van der Waals surface area contributed by atoms with E-state index in [0.29, 0.717) is 6.54 Å². The van der Waals surface area contributed by atoms with Crippen LogP contribution in [0.5, 0.6) is 5.75 Å². The summed E-state index contributed by atoms with van der Waals surface area (Å²) >= 11 is 0. The molecule has 1 rings (SSSR count). The van der Waals surface area contributed by atoms with Crippen molar-refractivity contribution in [2.45, 2.75) is 33.8 Å². The zero-order valence-electron chi connectivity index (χ0n) is 9.42. The summed E-state index contributed by atoms with van der Waals surface area (Å²) in [5.41, 5.74) is 9.22. The van der Waals surface area contributed by atoms with Crippen LogP contribution in [0.15, 0.2) is 12.1 Å².